The van der Waals surface area contributed by atoms with Crippen LogP contribution in [0.25, 0.3) is 5.69 Å². The van der Waals surface area contributed by atoms with Gasteiger partial charge in [0.25, 0.3) is 0 Å². The van der Waals surface area contributed by atoms with Crippen molar-refractivity contribution in [2.75, 3.05) is 13.7 Å². The molecule has 23 heavy (non-hydrogen) atoms. The largest absolute Gasteiger partial charge is 0.377 e. The summed E-state index contributed by atoms with van der Waals surface area (Å²) in [5.74, 6) is -0.237. The van der Waals surface area contributed by atoms with E-state index >= 15 is 0 Å². The minimum Gasteiger partial charge on any atom is -0.377 e. The van der Waals surface area contributed by atoms with E-state index in [1.807, 2.05) is 17.8 Å². The van der Waals surface area contributed by atoms with Crippen molar-refractivity contribution < 1.29 is 9.13 Å². The molecule has 0 bridgehead atoms. The van der Waals surface area contributed by atoms with Crippen LogP contribution < -0.4 is 5.32 Å². The minimum absolute atomic E-state index is 0.00904. The summed E-state index contributed by atoms with van der Waals surface area (Å²) in [6.07, 6.45) is 5.37. The summed E-state index contributed by atoms with van der Waals surface area (Å²) in [5.41, 5.74) is 3.10. The molecular formula is C18H24FN3O. The Labute approximate surface area is 136 Å². The van der Waals surface area contributed by atoms with Gasteiger partial charge in [-0.2, -0.15) is 5.10 Å². The van der Waals surface area contributed by atoms with E-state index in [1.54, 1.807) is 19.2 Å². The van der Waals surface area contributed by atoms with Crippen molar-refractivity contribution in [3.63, 3.8) is 0 Å². The Bertz CT molecular complexity index is 656. The van der Waals surface area contributed by atoms with Crippen LogP contribution in [0.5, 0.6) is 0 Å². The summed E-state index contributed by atoms with van der Waals surface area (Å²) in [6.45, 7) is 5.03. The molecule has 0 amide bonds. The maximum atomic E-state index is 13.1. The lowest BCUT2D eigenvalue weighted by Gasteiger charge is -2.41. The number of aromatic nitrogens is 2. The van der Waals surface area contributed by atoms with Gasteiger partial charge in [-0.25, -0.2) is 9.07 Å². The molecule has 1 aromatic heterocycles. The van der Waals surface area contributed by atoms with Gasteiger partial charge in [-0.05, 0) is 57.4 Å². The topological polar surface area (TPSA) is 39.1 Å². The second-order valence-electron chi connectivity index (χ2n) is 6.42. The molecule has 0 spiro atoms. The van der Waals surface area contributed by atoms with Gasteiger partial charge < -0.3 is 10.1 Å². The van der Waals surface area contributed by atoms with E-state index in [9.17, 15) is 4.39 Å². The molecule has 0 saturated heterocycles. The molecule has 1 aliphatic rings. The van der Waals surface area contributed by atoms with E-state index in [0.29, 0.717) is 0 Å². The van der Waals surface area contributed by atoms with Gasteiger partial charge in [0.1, 0.15) is 5.82 Å². The van der Waals surface area contributed by atoms with E-state index in [1.165, 1.54) is 18.6 Å². The van der Waals surface area contributed by atoms with E-state index in [0.717, 1.165) is 36.3 Å². The first-order chi connectivity index (χ1) is 11.0. The summed E-state index contributed by atoms with van der Waals surface area (Å²) in [6, 6.07) is 6.58. The predicted octanol–water partition coefficient (Wildman–Crippen LogP) is 3.54. The van der Waals surface area contributed by atoms with Gasteiger partial charge in [-0.15, -0.1) is 0 Å². The van der Waals surface area contributed by atoms with Gasteiger partial charge in [0.2, 0.25) is 0 Å². The van der Waals surface area contributed by atoms with Crippen LogP contribution in [-0.2, 0) is 4.74 Å². The van der Waals surface area contributed by atoms with Gasteiger partial charge in [-0.1, -0.05) is 0 Å². The molecular weight excluding hydrogens is 293 g/mol. The lowest BCUT2D eigenvalue weighted by molar-refractivity contribution is -0.0706. The maximum Gasteiger partial charge on any atom is 0.123 e. The molecule has 1 aliphatic carbocycles. The fourth-order valence-corrected chi connectivity index (χ4v) is 3.16. The van der Waals surface area contributed by atoms with Crippen LogP contribution >= 0.6 is 0 Å². The molecule has 4 nitrogen and oxygen atoms in total. The third-order valence-electron chi connectivity index (χ3n) is 5.01. The number of nitrogens with one attached hydrogen (secondary N) is 1. The Kier molecular flexibility index (Phi) is 4.50. The Morgan fingerprint density at radius 2 is 2.04 bits per heavy atom. The highest BCUT2D eigenvalue weighted by molar-refractivity contribution is 5.35. The molecule has 1 heterocycles. The Morgan fingerprint density at radius 3 is 2.61 bits per heavy atom. The van der Waals surface area contributed by atoms with Crippen molar-refractivity contribution in [3.8, 4) is 5.69 Å². The summed E-state index contributed by atoms with van der Waals surface area (Å²) < 4.78 is 20.6. The fourth-order valence-electron chi connectivity index (χ4n) is 3.16. The van der Waals surface area contributed by atoms with Crippen molar-refractivity contribution in [1.29, 1.82) is 0 Å². The van der Waals surface area contributed by atoms with Gasteiger partial charge in [0.15, 0.2) is 0 Å². The number of ether oxygens (including phenoxy) is 1. The predicted molar refractivity (Wildman–Crippen MR) is 88.3 cm³/mol. The molecule has 0 radical (unpaired) electrons. The average Bonchev–Trinajstić information content (AvgIpc) is 2.89. The number of rotatable bonds is 6. The highest BCUT2D eigenvalue weighted by Gasteiger charge is 2.37. The Morgan fingerprint density at radius 1 is 1.35 bits per heavy atom. The normalized spacial score (nSPS) is 17.7. The highest BCUT2D eigenvalue weighted by Crippen LogP contribution is 2.35. The van der Waals surface area contributed by atoms with Crippen molar-refractivity contribution in [2.45, 2.75) is 44.8 Å². The fraction of sp³-hybridized carbons (Fsp3) is 0.500. The number of hydrogen-bond donors (Lipinski definition) is 1. The first-order valence-electron chi connectivity index (χ1n) is 8.14. The molecule has 124 valence electrons. The van der Waals surface area contributed by atoms with E-state index < -0.39 is 0 Å². The maximum absolute atomic E-state index is 13.1. The van der Waals surface area contributed by atoms with Crippen LogP contribution in [0.15, 0.2) is 30.5 Å². The van der Waals surface area contributed by atoms with Crippen LogP contribution in [0.2, 0.25) is 0 Å². The highest BCUT2D eigenvalue weighted by atomic mass is 19.1. The van der Waals surface area contributed by atoms with Gasteiger partial charge >= 0.3 is 0 Å². The van der Waals surface area contributed by atoms with E-state index in [-0.39, 0.29) is 17.5 Å². The molecule has 1 saturated carbocycles. The molecule has 5 heteroatoms. The molecule has 1 atom stereocenters. The van der Waals surface area contributed by atoms with Crippen LogP contribution in [0.4, 0.5) is 4.39 Å². The number of hydrogen-bond acceptors (Lipinski definition) is 3. The Hall–Kier alpha value is -1.72. The quantitative estimate of drug-likeness (QED) is 0.886. The number of halogens is 1. The zero-order valence-corrected chi connectivity index (χ0v) is 14.0. The second kappa shape index (κ2) is 6.42. The summed E-state index contributed by atoms with van der Waals surface area (Å²) >= 11 is 0. The lowest BCUT2D eigenvalue weighted by Crippen LogP contribution is -2.48. The lowest BCUT2D eigenvalue weighted by atomic mass is 9.80. The smallest absolute Gasteiger partial charge is 0.123 e. The third kappa shape index (κ3) is 3.16. The molecule has 1 unspecified atom stereocenters. The zero-order valence-electron chi connectivity index (χ0n) is 14.0. The summed E-state index contributed by atoms with van der Waals surface area (Å²) in [4.78, 5) is 0. The minimum atomic E-state index is -0.237. The molecule has 1 aromatic carbocycles. The number of nitrogens with zero attached hydrogens (tertiary/aromatic N) is 2. The third-order valence-corrected chi connectivity index (χ3v) is 5.01. The summed E-state index contributed by atoms with van der Waals surface area (Å²) in [7, 11) is 1.79. The average molecular weight is 317 g/mol. The second-order valence-corrected chi connectivity index (χ2v) is 6.42. The Balaban J connectivity index is 1.72. The molecule has 3 rings (SSSR count). The monoisotopic (exact) mass is 317 g/mol. The van der Waals surface area contributed by atoms with E-state index in [4.69, 9.17) is 4.74 Å². The zero-order chi connectivity index (χ0) is 16.4. The van der Waals surface area contributed by atoms with Gasteiger partial charge in [0, 0.05) is 31.0 Å². The number of methoxy groups -OCH3 is 1. The molecule has 2 aromatic rings. The molecule has 1 N–H and O–H groups in total. The standard InChI is InChI=1S/C18H24FN3O/c1-13(20-12-18(23-3)9-4-10-18)17-11-21-22(14(17)2)16-7-5-15(19)6-8-16/h5-8,11,13,20H,4,9-10,12H2,1-3H3. The van der Waals surface area contributed by atoms with Crippen LogP contribution in [0, 0.1) is 12.7 Å². The molecule has 0 aliphatic heterocycles. The van der Waals surface area contributed by atoms with E-state index in [2.05, 4.69) is 17.3 Å². The number of benzene rings is 1. The van der Waals surface area contributed by atoms with Crippen LogP contribution in [-0.4, -0.2) is 29.0 Å². The van der Waals surface area contributed by atoms with Crippen molar-refractivity contribution >= 4 is 0 Å². The van der Waals surface area contributed by atoms with Crippen molar-refractivity contribution in [2.24, 2.45) is 0 Å². The molecule has 1 fully saturated rings. The first-order valence-corrected chi connectivity index (χ1v) is 8.14. The van der Waals surface area contributed by atoms with Crippen molar-refractivity contribution in [1.82, 2.24) is 15.1 Å². The van der Waals surface area contributed by atoms with Gasteiger partial charge in [-0.3, -0.25) is 0 Å². The van der Waals surface area contributed by atoms with Gasteiger partial charge in [0.05, 0.1) is 17.5 Å². The summed E-state index contributed by atoms with van der Waals surface area (Å²) in [5, 5.41) is 8.03. The first kappa shape index (κ1) is 16.1. The van der Waals surface area contributed by atoms with Crippen LogP contribution in [0.3, 0.4) is 0 Å². The SMILES string of the molecule is COC1(CNC(C)c2cnn(-c3ccc(F)cc3)c2C)CCC1. The van der Waals surface area contributed by atoms with Crippen LogP contribution in [0.1, 0.15) is 43.5 Å². The van der Waals surface area contributed by atoms with Crippen molar-refractivity contribution in [3.05, 3.63) is 47.5 Å².